The highest BCUT2D eigenvalue weighted by Crippen LogP contribution is 2.45. The zero-order valence-corrected chi connectivity index (χ0v) is 10.9. The van der Waals surface area contributed by atoms with Crippen LogP contribution in [0, 0.1) is 0 Å². The quantitative estimate of drug-likeness (QED) is 0.651. The van der Waals surface area contributed by atoms with E-state index in [1.165, 1.54) is 6.20 Å². The van der Waals surface area contributed by atoms with Gasteiger partial charge in [0, 0.05) is 18.3 Å². The Labute approximate surface area is 104 Å². The number of hydrogen-bond acceptors (Lipinski definition) is 3. The number of fused-ring (bicyclic) bond motifs is 1. The smallest absolute Gasteiger partial charge is 0.402 e. The Kier molecular flexibility index (Phi) is 3.23. The molecule has 8 heteroatoms. The maximum atomic E-state index is 11.3. The molecule has 0 fully saturated rings. The summed E-state index contributed by atoms with van der Waals surface area (Å²) < 4.78 is 20.6. The van der Waals surface area contributed by atoms with Crippen molar-refractivity contribution in [2.75, 3.05) is 7.11 Å². The molecule has 1 unspecified atom stereocenters. The van der Waals surface area contributed by atoms with Crippen LogP contribution < -0.4 is 9.99 Å². The number of hydrogen-bond donors (Lipinski definition) is 2. The average molecular weight is 273 g/mol. The summed E-state index contributed by atoms with van der Waals surface area (Å²) in [4.78, 5) is 12.2. The minimum absolute atomic E-state index is 0.196. The first kappa shape index (κ1) is 12.5. The fourth-order valence-electron chi connectivity index (χ4n) is 1.49. The van der Waals surface area contributed by atoms with Gasteiger partial charge in [0.1, 0.15) is 7.85 Å². The Balaban J connectivity index is 2.56. The third-order valence-electron chi connectivity index (χ3n) is 2.38. The van der Waals surface area contributed by atoms with Crippen LogP contribution in [-0.2, 0) is 9.09 Å². The lowest BCUT2D eigenvalue weighted by molar-refractivity contribution is 0.243. The van der Waals surface area contributed by atoms with Gasteiger partial charge < -0.3 is 9.51 Å². The highest BCUT2D eigenvalue weighted by molar-refractivity contribution is 7.47. The molecule has 0 bridgehead atoms. The van der Waals surface area contributed by atoms with Crippen molar-refractivity contribution in [2.45, 2.75) is 0 Å². The van der Waals surface area contributed by atoms with Gasteiger partial charge in [-0.1, -0.05) is 23.1 Å². The first-order valence-electron chi connectivity index (χ1n) is 4.79. The van der Waals surface area contributed by atoms with Crippen molar-refractivity contribution >= 4 is 43.6 Å². The highest BCUT2D eigenvalue weighted by Gasteiger charge is 2.23. The summed E-state index contributed by atoms with van der Waals surface area (Å²) in [5.41, 5.74) is 1.58. The second kappa shape index (κ2) is 4.39. The summed E-state index contributed by atoms with van der Waals surface area (Å²) in [6.45, 7) is 0. The number of benzene rings is 1. The molecule has 0 aliphatic carbocycles. The number of H-pyrrole nitrogens is 1. The largest absolute Gasteiger partial charge is 0.527 e. The van der Waals surface area contributed by atoms with Crippen LogP contribution in [0.3, 0.4) is 0 Å². The van der Waals surface area contributed by atoms with Crippen LogP contribution in [0.15, 0.2) is 18.3 Å². The molecular formula is C9H10BClNO4P. The van der Waals surface area contributed by atoms with Crippen molar-refractivity contribution in [3.05, 3.63) is 23.4 Å². The SMILES string of the molecule is Bc1ccc2[nH]cc(OP(=O)(O)OC)c2c1Cl. The Hall–Kier alpha value is -0.935. The molecule has 1 aromatic heterocycles. The minimum Gasteiger partial charge on any atom is -0.402 e. The Morgan fingerprint density at radius 3 is 2.88 bits per heavy atom. The molecule has 0 amide bonds. The second-order valence-corrected chi connectivity index (χ2v) is 5.38. The van der Waals surface area contributed by atoms with E-state index in [-0.39, 0.29) is 5.75 Å². The van der Waals surface area contributed by atoms with E-state index in [0.717, 1.165) is 18.1 Å². The molecule has 90 valence electrons. The highest BCUT2D eigenvalue weighted by atomic mass is 35.5. The Morgan fingerprint density at radius 2 is 2.24 bits per heavy atom. The lowest BCUT2D eigenvalue weighted by atomic mass is 9.95. The molecule has 1 atom stereocenters. The topological polar surface area (TPSA) is 71.6 Å². The van der Waals surface area contributed by atoms with Crippen LogP contribution in [0.1, 0.15) is 0 Å². The third kappa shape index (κ3) is 2.35. The molecule has 2 rings (SSSR count). The Bertz CT molecular complexity index is 614. The number of halogens is 1. The second-order valence-electron chi connectivity index (χ2n) is 3.51. The van der Waals surface area contributed by atoms with Crippen molar-refractivity contribution in [3.63, 3.8) is 0 Å². The normalized spacial score (nSPS) is 14.8. The molecule has 1 heterocycles. The molecule has 2 aromatic rings. The fraction of sp³-hybridized carbons (Fsp3) is 0.111. The van der Waals surface area contributed by atoms with Crippen molar-refractivity contribution < 1.29 is 18.5 Å². The molecule has 0 saturated heterocycles. The van der Waals surface area contributed by atoms with E-state index in [0.29, 0.717) is 10.4 Å². The maximum absolute atomic E-state index is 11.3. The molecular weight excluding hydrogens is 263 g/mol. The lowest BCUT2D eigenvalue weighted by Gasteiger charge is -2.10. The number of phosphoric ester groups is 1. The average Bonchev–Trinajstić information content (AvgIpc) is 2.67. The number of aromatic amines is 1. The van der Waals surface area contributed by atoms with Crippen LogP contribution in [0.5, 0.6) is 5.75 Å². The summed E-state index contributed by atoms with van der Waals surface area (Å²) in [6.07, 6.45) is 1.47. The van der Waals surface area contributed by atoms with Crippen LogP contribution in [-0.4, -0.2) is 24.8 Å². The van der Waals surface area contributed by atoms with Gasteiger partial charge in [0.05, 0.1) is 10.9 Å². The summed E-state index contributed by atoms with van der Waals surface area (Å²) in [5, 5.41) is 1.05. The monoisotopic (exact) mass is 273 g/mol. The van der Waals surface area contributed by atoms with Crippen LogP contribution in [0.25, 0.3) is 10.9 Å². The summed E-state index contributed by atoms with van der Waals surface area (Å²) >= 11 is 6.13. The summed E-state index contributed by atoms with van der Waals surface area (Å²) in [5.74, 6) is 0.196. The van der Waals surface area contributed by atoms with Crippen molar-refractivity contribution in [2.24, 2.45) is 0 Å². The summed E-state index contributed by atoms with van der Waals surface area (Å²) in [6, 6.07) is 3.66. The lowest BCUT2D eigenvalue weighted by Crippen LogP contribution is -2.03. The number of nitrogens with one attached hydrogen (secondary N) is 1. The number of phosphoric acid groups is 1. The van der Waals surface area contributed by atoms with E-state index >= 15 is 0 Å². The Morgan fingerprint density at radius 1 is 1.53 bits per heavy atom. The van der Waals surface area contributed by atoms with E-state index in [4.69, 9.17) is 16.1 Å². The van der Waals surface area contributed by atoms with E-state index in [9.17, 15) is 9.46 Å². The van der Waals surface area contributed by atoms with E-state index < -0.39 is 7.82 Å². The molecule has 0 spiro atoms. The van der Waals surface area contributed by atoms with Crippen LogP contribution >= 0.6 is 19.4 Å². The van der Waals surface area contributed by atoms with Gasteiger partial charge in [-0.2, -0.15) is 0 Å². The molecule has 5 nitrogen and oxygen atoms in total. The molecule has 2 N–H and O–H groups in total. The van der Waals surface area contributed by atoms with E-state index in [2.05, 4.69) is 9.51 Å². The van der Waals surface area contributed by atoms with Gasteiger partial charge >= 0.3 is 7.82 Å². The fourth-order valence-corrected chi connectivity index (χ4v) is 2.22. The van der Waals surface area contributed by atoms with Crippen molar-refractivity contribution in [3.8, 4) is 5.75 Å². The molecule has 0 saturated carbocycles. The maximum Gasteiger partial charge on any atom is 0.527 e. The van der Waals surface area contributed by atoms with Gasteiger partial charge in [-0.25, -0.2) is 4.57 Å². The predicted octanol–water partition coefficient (Wildman–Crippen LogP) is 1.21. The first-order chi connectivity index (χ1) is 7.94. The molecule has 0 aliphatic heterocycles. The van der Waals surface area contributed by atoms with Crippen LogP contribution in [0.4, 0.5) is 0 Å². The van der Waals surface area contributed by atoms with Gasteiger partial charge in [-0.3, -0.25) is 9.42 Å². The van der Waals surface area contributed by atoms with Gasteiger partial charge in [0.25, 0.3) is 0 Å². The van der Waals surface area contributed by atoms with Crippen LogP contribution in [0.2, 0.25) is 5.02 Å². The zero-order chi connectivity index (χ0) is 12.6. The van der Waals surface area contributed by atoms with Gasteiger partial charge in [0.15, 0.2) is 5.75 Å². The molecule has 1 aromatic carbocycles. The van der Waals surface area contributed by atoms with Crippen molar-refractivity contribution in [1.82, 2.24) is 4.98 Å². The summed E-state index contributed by atoms with van der Waals surface area (Å²) in [7, 11) is -1.14. The van der Waals surface area contributed by atoms with E-state index in [1.807, 2.05) is 20.0 Å². The number of aromatic nitrogens is 1. The molecule has 17 heavy (non-hydrogen) atoms. The third-order valence-corrected chi connectivity index (χ3v) is 3.76. The van der Waals surface area contributed by atoms with Gasteiger partial charge in [-0.15, -0.1) is 0 Å². The standard InChI is InChI=1S/C9H10BClNO4P/c1-15-17(13,14)16-7-4-12-6-3-2-5(10)9(11)8(6)7/h2-4,12H,10H2,1H3,(H,13,14). The predicted molar refractivity (Wildman–Crippen MR) is 68.9 cm³/mol. The molecule has 0 aliphatic rings. The minimum atomic E-state index is -4.08. The zero-order valence-electron chi connectivity index (χ0n) is 9.23. The van der Waals surface area contributed by atoms with Gasteiger partial charge in [-0.05, 0) is 6.07 Å². The van der Waals surface area contributed by atoms with Crippen molar-refractivity contribution in [1.29, 1.82) is 0 Å². The number of rotatable bonds is 3. The first-order valence-corrected chi connectivity index (χ1v) is 6.66. The van der Waals surface area contributed by atoms with Gasteiger partial charge in [0.2, 0.25) is 0 Å². The molecule has 0 radical (unpaired) electrons. The van der Waals surface area contributed by atoms with E-state index in [1.54, 1.807) is 0 Å².